The van der Waals surface area contributed by atoms with E-state index in [1.165, 1.54) is 6.07 Å². The van der Waals surface area contributed by atoms with Crippen LogP contribution >= 0.6 is 0 Å². The Bertz CT molecular complexity index is 804. The van der Waals surface area contributed by atoms with Crippen molar-refractivity contribution in [2.24, 2.45) is 0 Å². The summed E-state index contributed by atoms with van der Waals surface area (Å²) in [7, 11) is 0. The lowest BCUT2D eigenvalue weighted by molar-refractivity contribution is 0.476. The third kappa shape index (κ3) is 1.89. The molecule has 0 saturated heterocycles. The highest BCUT2D eigenvalue weighted by atomic mass is 16.3. The van der Waals surface area contributed by atoms with Gasteiger partial charge in [-0.05, 0) is 42.6 Å². The molecule has 0 atom stereocenters. The maximum Gasteiger partial charge on any atom is 0.263 e. The zero-order valence-corrected chi connectivity index (χ0v) is 10.5. The number of nitrogens with zero attached hydrogens (tertiary/aromatic N) is 1. The van der Waals surface area contributed by atoms with Crippen molar-refractivity contribution >= 4 is 10.8 Å². The molecule has 94 valence electrons. The first kappa shape index (κ1) is 11.5. The summed E-state index contributed by atoms with van der Waals surface area (Å²) in [6.45, 7) is 1.90. The molecule has 3 heteroatoms. The van der Waals surface area contributed by atoms with E-state index in [0.717, 1.165) is 16.8 Å². The molecule has 0 unspecified atom stereocenters. The minimum Gasteiger partial charge on any atom is -0.508 e. The van der Waals surface area contributed by atoms with Crippen LogP contribution in [0, 0.1) is 6.92 Å². The Morgan fingerprint density at radius 3 is 2.47 bits per heavy atom. The number of hydrogen-bond acceptors (Lipinski definition) is 2. The van der Waals surface area contributed by atoms with Crippen LogP contribution in [-0.2, 0) is 0 Å². The van der Waals surface area contributed by atoms with Crippen molar-refractivity contribution in [2.75, 3.05) is 0 Å². The normalized spacial score (nSPS) is 10.8. The molecule has 0 aliphatic heterocycles. The van der Waals surface area contributed by atoms with Crippen molar-refractivity contribution in [2.45, 2.75) is 6.92 Å². The van der Waals surface area contributed by atoms with E-state index >= 15 is 0 Å². The van der Waals surface area contributed by atoms with Crippen LogP contribution in [-0.4, -0.2) is 9.67 Å². The van der Waals surface area contributed by atoms with Crippen LogP contribution in [0.5, 0.6) is 5.75 Å². The number of benzene rings is 2. The third-order valence-electron chi connectivity index (χ3n) is 3.20. The molecule has 0 spiro atoms. The largest absolute Gasteiger partial charge is 0.508 e. The van der Waals surface area contributed by atoms with E-state index in [1.807, 2.05) is 43.3 Å². The summed E-state index contributed by atoms with van der Waals surface area (Å²) < 4.78 is 1.65. The smallest absolute Gasteiger partial charge is 0.263 e. The predicted octanol–water partition coefficient (Wildman–Crippen LogP) is 3.00. The highest BCUT2D eigenvalue weighted by molar-refractivity contribution is 5.83. The summed E-state index contributed by atoms with van der Waals surface area (Å²) in [5.74, 6) is 0.105. The summed E-state index contributed by atoms with van der Waals surface area (Å²) in [6.07, 6.45) is 0. The lowest BCUT2D eigenvalue weighted by Crippen LogP contribution is -2.20. The highest BCUT2D eigenvalue weighted by Crippen LogP contribution is 2.19. The first-order valence-electron chi connectivity index (χ1n) is 6.07. The molecule has 1 aromatic heterocycles. The van der Waals surface area contributed by atoms with Crippen LogP contribution in [0.3, 0.4) is 0 Å². The van der Waals surface area contributed by atoms with Gasteiger partial charge in [0.25, 0.3) is 5.56 Å². The second kappa shape index (κ2) is 4.28. The van der Waals surface area contributed by atoms with Crippen molar-refractivity contribution in [3.05, 3.63) is 70.6 Å². The fraction of sp³-hybridized carbons (Fsp3) is 0.0625. The van der Waals surface area contributed by atoms with Gasteiger partial charge in [-0.3, -0.25) is 9.36 Å². The zero-order valence-electron chi connectivity index (χ0n) is 10.5. The molecule has 1 N–H and O–H groups in total. The van der Waals surface area contributed by atoms with Gasteiger partial charge in [0.2, 0.25) is 0 Å². The molecule has 3 aromatic rings. The minimum absolute atomic E-state index is 0.105. The van der Waals surface area contributed by atoms with Crippen LogP contribution in [0.4, 0.5) is 0 Å². The number of fused-ring (bicyclic) bond motifs is 1. The van der Waals surface area contributed by atoms with Gasteiger partial charge in [0.15, 0.2) is 0 Å². The fourth-order valence-electron chi connectivity index (χ4n) is 2.32. The van der Waals surface area contributed by atoms with Crippen molar-refractivity contribution < 1.29 is 5.11 Å². The molecule has 2 aromatic carbocycles. The number of hydrogen-bond donors (Lipinski definition) is 1. The summed E-state index contributed by atoms with van der Waals surface area (Å²) in [5, 5.41) is 10.9. The molecule has 19 heavy (non-hydrogen) atoms. The quantitative estimate of drug-likeness (QED) is 0.722. The molecular weight excluding hydrogens is 238 g/mol. The van der Waals surface area contributed by atoms with E-state index in [1.54, 1.807) is 16.7 Å². The van der Waals surface area contributed by atoms with Gasteiger partial charge < -0.3 is 5.11 Å². The summed E-state index contributed by atoms with van der Waals surface area (Å²) in [6, 6.07) is 16.3. The van der Waals surface area contributed by atoms with E-state index in [2.05, 4.69) is 0 Å². The molecule has 0 aliphatic carbocycles. The average molecular weight is 251 g/mol. The van der Waals surface area contributed by atoms with Gasteiger partial charge in [-0.25, -0.2) is 0 Å². The lowest BCUT2D eigenvalue weighted by Gasteiger charge is -2.11. The van der Waals surface area contributed by atoms with Gasteiger partial charge in [0.05, 0.1) is 5.39 Å². The van der Waals surface area contributed by atoms with E-state index in [-0.39, 0.29) is 11.3 Å². The Morgan fingerprint density at radius 2 is 1.74 bits per heavy atom. The molecule has 0 aliphatic rings. The van der Waals surface area contributed by atoms with Crippen molar-refractivity contribution in [1.29, 1.82) is 0 Å². The number of aryl methyl sites for hydroxylation is 1. The van der Waals surface area contributed by atoms with Crippen molar-refractivity contribution in [3.8, 4) is 11.4 Å². The maximum absolute atomic E-state index is 12.6. The molecule has 0 amide bonds. The SMILES string of the molecule is Cc1cc2ccc(O)cc2c(=O)n1-c1ccccc1. The van der Waals surface area contributed by atoms with E-state index in [9.17, 15) is 9.90 Å². The van der Waals surface area contributed by atoms with Crippen LogP contribution in [0.2, 0.25) is 0 Å². The molecule has 0 saturated carbocycles. The van der Waals surface area contributed by atoms with E-state index < -0.39 is 0 Å². The topological polar surface area (TPSA) is 42.2 Å². The molecule has 1 heterocycles. The molecule has 3 nitrogen and oxygen atoms in total. The summed E-state index contributed by atoms with van der Waals surface area (Å²) in [5.41, 5.74) is 1.58. The maximum atomic E-state index is 12.6. The van der Waals surface area contributed by atoms with Crippen LogP contribution in [0.15, 0.2) is 59.4 Å². The van der Waals surface area contributed by atoms with Crippen LogP contribution < -0.4 is 5.56 Å². The number of para-hydroxylation sites is 1. The Morgan fingerprint density at radius 1 is 1.00 bits per heavy atom. The molecule has 0 bridgehead atoms. The van der Waals surface area contributed by atoms with Crippen LogP contribution in [0.25, 0.3) is 16.5 Å². The number of aromatic nitrogens is 1. The van der Waals surface area contributed by atoms with Gasteiger partial charge in [-0.15, -0.1) is 0 Å². The Kier molecular flexibility index (Phi) is 2.60. The Hall–Kier alpha value is -2.55. The minimum atomic E-state index is -0.114. The van der Waals surface area contributed by atoms with E-state index in [4.69, 9.17) is 0 Å². The monoisotopic (exact) mass is 251 g/mol. The van der Waals surface area contributed by atoms with E-state index in [0.29, 0.717) is 5.39 Å². The van der Waals surface area contributed by atoms with Gasteiger partial charge >= 0.3 is 0 Å². The Labute approximate surface area is 110 Å². The van der Waals surface area contributed by atoms with Gasteiger partial charge in [0.1, 0.15) is 5.75 Å². The molecule has 3 rings (SSSR count). The number of pyridine rings is 1. The van der Waals surface area contributed by atoms with Crippen LogP contribution in [0.1, 0.15) is 5.69 Å². The first-order chi connectivity index (χ1) is 9.16. The lowest BCUT2D eigenvalue weighted by atomic mass is 10.1. The number of phenolic OH excluding ortho intramolecular Hbond substituents is 1. The van der Waals surface area contributed by atoms with Crippen molar-refractivity contribution in [1.82, 2.24) is 4.57 Å². The summed E-state index contributed by atoms with van der Waals surface area (Å²) in [4.78, 5) is 12.6. The van der Waals surface area contributed by atoms with Crippen molar-refractivity contribution in [3.63, 3.8) is 0 Å². The second-order valence-electron chi connectivity index (χ2n) is 4.53. The molecule has 0 radical (unpaired) electrons. The molecule has 0 fully saturated rings. The zero-order chi connectivity index (χ0) is 13.4. The van der Waals surface area contributed by atoms with Gasteiger partial charge in [-0.1, -0.05) is 24.3 Å². The van der Waals surface area contributed by atoms with Gasteiger partial charge in [-0.2, -0.15) is 0 Å². The predicted molar refractivity (Wildman–Crippen MR) is 75.9 cm³/mol. The number of phenols is 1. The number of rotatable bonds is 1. The highest BCUT2D eigenvalue weighted by Gasteiger charge is 2.08. The Balaban J connectivity index is 2.41. The molecular formula is C16H13NO2. The van der Waals surface area contributed by atoms with Gasteiger partial charge in [0, 0.05) is 11.4 Å². The standard InChI is InChI=1S/C16H13NO2/c1-11-9-12-7-8-14(18)10-15(12)16(19)17(11)13-5-3-2-4-6-13/h2-10,18H,1H3. The summed E-state index contributed by atoms with van der Waals surface area (Å²) >= 11 is 0. The first-order valence-corrected chi connectivity index (χ1v) is 6.07. The fourth-order valence-corrected chi connectivity index (χ4v) is 2.32. The average Bonchev–Trinajstić information content (AvgIpc) is 2.41. The second-order valence-corrected chi connectivity index (χ2v) is 4.53. The third-order valence-corrected chi connectivity index (χ3v) is 3.20. The number of aromatic hydroxyl groups is 1.